The molecule has 7 nitrogen and oxygen atoms in total. The van der Waals surface area contributed by atoms with Gasteiger partial charge in [0.05, 0.1) is 11.1 Å². The van der Waals surface area contributed by atoms with Gasteiger partial charge in [-0.15, -0.1) is 0 Å². The van der Waals surface area contributed by atoms with Gasteiger partial charge in [0.2, 0.25) is 11.8 Å². The molecular formula is C16H18BrN3O4. The number of carbonyl (C=O) groups is 4. The first-order chi connectivity index (χ1) is 11.4. The summed E-state index contributed by atoms with van der Waals surface area (Å²) >= 11 is 3.25. The number of carbonyl (C=O) groups excluding carboxylic acids is 4. The first kappa shape index (κ1) is 18.1. The summed E-state index contributed by atoms with van der Waals surface area (Å²) in [5.41, 5.74) is 0.580. The monoisotopic (exact) mass is 395 g/mol. The summed E-state index contributed by atoms with van der Waals surface area (Å²) in [6.45, 7) is 2.11. The van der Waals surface area contributed by atoms with Crippen LogP contribution in [-0.4, -0.2) is 48.2 Å². The van der Waals surface area contributed by atoms with Crippen LogP contribution in [0.4, 0.5) is 0 Å². The lowest BCUT2D eigenvalue weighted by Gasteiger charge is -2.13. The highest BCUT2D eigenvalue weighted by molar-refractivity contribution is 9.10. The molecule has 2 N–H and O–H groups in total. The molecule has 1 aliphatic heterocycles. The molecule has 1 aromatic rings. The highest BCUT2D eigenvalue weighted by atomic mass is 79.9. The Hall–Kier alpha value is -2.22. The Kier molecular flexibility index (Phi) is 6.08. The fourth-order valence-electron chi connectivity index (χ4n) is 2.33. The second-order valence-corrected chi connectivity index (χ2v) is 6.25. The van der Waals surface area contributed by atoms with Gasteiger partial charge >= 0.3 is 0 Å². The minimum Gasteiger partial charge on any atom is -0.354 e. The molecule has 0 unspecified atom stereocenters. The number of nitrogens with zero attached hydrogens (tertiary/aromatic N) is 1. The molecule has 0 fully saturated rings. The molecule has 4 amide bonds. The fraction of sp³-hybridized carbons (Fsp3) is 0.375. The van der Waals surface area contributed by atoms with Crippen LogP contribution in [0.25, 0.3) is 0 Å². The predicted octanol–water partition coefficient (Wildman–Crippen LogP) is 1.08. The largest absolute Gasteiger partial charge is 0.354 e. The maximum Gasteiger partial charge on any atom is 0.262 e. The molecule has 0 saturated carbocycles. The Balaban J connectivity index is 1.84. The number of benzene rings is 1. The van der Waals surface area contributed by atoms with Gasteiger partial charge in [-0.25, -0.2) is 0 Å². The molecule has 1 aromatic carbocycles. The van der Waals surface area contributed by atoms with E-state index in [1.165, 1.54) is 0 Å². The van der Waals surface area contributed by atoms with Gasteiger partial charge in [0.25, 0.3) is 11.8 Å². The summed E-state index contributed by atoms with van der Waals surface area (Å²) in [7, 11) is 0. The second-order valence-electron chi connectivity index (χ2n) is 5.34. The molecule has 1 heterocycles. The highest BCUT2D eigenvalue weighted by Crippen LogP contribution is 2.25. The number of hydrogen-bond donors (Lipinski definition) is 2. The summed E-state index contributed by atoms with van der Waals surface area (Å²) in [6.07, 6.45) is 1.20. The predicted molar refractivity (Wildman–Crippen MR) is 90.4 cm³/mol. The maximum atomic E-state index is 12.2. The number of nitrogens with one attached hydrogen (secondary N) is 2. The van der Waals surface area contributed by atoms with E-state index in [0.717, 1.165) is 11.3 Å². The smallest absolute Gasteiger partial charge is 0.262 e. The zero-order chi connectivity index (χ0) is 17.7. The third kappa shape index (κ3) is 4.19. The quantitative estimate of drug-likeness (QED) is 0.533. The van der Waals surface area contributed by atoms with Crippen molar-refractivity contribution in [1.82, 2.24) is 15.5 Å². The van der Waals surface area contributed by atoms with Crippen molar-refractivity contribution >= 4 is 39.6 Å². The molecule has 0 bridgehead atoms. The van der Waals surface area contributed by atoms with Gasteiger partial charge in [-0.1, -0.05) is 22.9 Å². The fourth-order valence-corrected chi connectivity index (χ4v) is 2.69. The average molecular weight is 396 g/mol. The van der Waals surface area contributed by atoms with E-state index in [-0.39, 0.29) is 24.6 Å². The van der Waals surface area contributed by atoms with Crippen molar-refractivity contribution < 1.29 is 19.2 Å². The summed E-state index contributed by atoms with van der Waals surface area (Å²) in [5.74, 6) is -1.48. The molecule has 8 heteroatoms. The van der Waals surface area contributed by atoms with Crippen LogP contribution in [0.15, 0.2) is 22.7 Å². The third-order valence-electron chi connectivity index (χ3n) is 3.48. The SMILES string of the molecule is CCCC(=O)NCCNC(=O)CN1C(=O)c2ccc(Br)cc2C1=O. The molecular weight excluding hydrogens is 378 g/mol. The molecule has 0 spiro atoms. The minimum absolute atomic E-state index is 0.0716. The van der Waals surface area contributed by atoms with Crippen LogP contribution in [0.2, 0.25) is 0 Å². The van der Waals surface area contributed by atoms with Gasteiger partial charge < -0.3 is 10.6 Å². The van der Waals surface area contributed by atoms with Crippen molar-refractivity contribution in [2.75, 3.05) is 19.6 Å². The van der Waals surface area contributed by atoms with Crippen molar-refractivity contribution in [2.45, 2.75) is 19.8 Å². The van der Waals surface area contributed by atoms with E-state index in [1.807, 2.05) is 6.92 Å². The van der Waals surface area contributed by atoms with Crippen LogP contribution in [0, 0.1) is 0 Å². The zero-order valence-corrected chi connectivity index (χ0v) is 14.8. The standard InChI is InChI=1S/C16H18BrN3O4/c1-2-3-13(21)18-6-7-19-14(22)9-20-15(23)11-5-4-10(17)8-12(11)16(20)24/h4-5,8H,2-3,6-7,9H2,1H3,(H,18,21)(H,19,22). The Morgan fingerprint density at radius 2 is 1.67 bits per heavy atom. The molecule has 0 radical (unpaired) electrons. The first-order valence-electron chi connectivity index (χ1n) is 7.63. The Morgan fingerprint density at radius 3 is 2.33 bits per heavy atom. The van der Waals surface area contributed by atoms with E-state index < -0.39 is 17.7 Å². The van der Waals surface area contributed by atoms with Gasteiger partial charge in [-0.2, -0.15) is 0 Å². The molecule has 0 atom stereocenters. The van der Waals surface area contributed by atoms with Crippen LogP contribution in [0.1, 0.15) is 40.5 Å². The zero-order valence-electron chi connectivity index (χ0n) is 13.2. The number of fused-ring (bicyclic) bond motifs is 1. The van der Waals surface area contributed by atoms with Crippen molar-refractivity contribution in [3.8, 4) is 0 Å². The van der Waals surface area contributed by atoms with E-state index in [2.05, 4.69) is 26.6 Å². The number of halogens is 1. The van der Waals surface area contributed by atoms with Crippen LogP contribution in [0.3, 0.4) is 0 Å². The maximum absolute atomic E-state index is 12.2. The van der Waals surface area contributed by atoms with Crippen molar-refractivity contribution in [1.29, 1.82) is 0 Å². The molecule has 0 saturated heterocycles. The molecule has 0 aliphatic carbocycles. The Morgan fingerprint density at radius 1 is 1.04 bits per heavy atom. The van der Waals surface area contributed by atoms with Crippen LogP contribution in [-0.2, 0) is 9.59 Å². The first-order valence-corrected chi connectivity index (χ1v) is 8.42. The van der Waals surface area contributed by atoms with Crippen LogP contribution < -0.4 is 10.6 Å². The number of hydrogen-bond acceptors (Lipinski definition) is 4. The van der Waals surface area contributed by atoms with Gasteiger partial charge in [0.15, 0.2) is 0 Å². The van der Waals surface area contributed by atoms with Gasteiger partial charge in [0.1, 0.15) is 6.54 Å². The van der Waals surface area contributed by atoms with Gasteiger partial charge in [0, 0.05) is 24.0 Å². The van der Waals surface area contributed by atoms with E-state index in [0.29, 0.717) is 23.0 Å². The third-order valence-corrected chi connectivity index (χ3v) is 3.97. The van der Waals surface area contributed by atoms with Gasteiger partial charge in [-0.05, 0) is 24.6 Å². The molecule has 128 valence electrons. The lowest BCUT2D eigenvalue weighted by Crippen LogP contribution is -2.42. The normalized spacial score (nSPS) is 13.0. The Bertz CT molecular complexity index is 690. The van der Waals surface area contributed by atoms with E-state index in [4.69, 9.17) is 0 Å². The minimum atomic E-state index is -0.484. The summed E-state index contributed by atoms with van der Waals surface area (Å²) in [6, 6.07) is 4.80. The lowest BCUT2D eigenvalue weighted by atomic mass is 10.1. The lowest BCUT2D eigenvalue weighted by molar-refractivity contribution is -0.123. The molecule has 1 aliphatic rings. The van der Waals surface area contributed by atoms with Crippen molar-refractivity contribution in [3.63, 3.8) is 0 Å². The van der Waals surface area contributed by atoms with E-state index >= 15 is 0 Å². The Labute approximate surface area is 147 Å². The number of rotatable bonds is 7. The van der Waals surface area contributed by atoms with Crippen molar-refractivity contribution in [3.05, 3.63) is 33.8 Å². The van der Waals surface area contributed by atoms with E-state index in [9.17, 15) is 19.2 Å². The summed E-state index contributed by atoms with van der Waals surface area (Å²) < 4.78 is 0.691. The van der Waals surface area contributed by atoms with Crippen LogP contribution >= 0.6 is 15.9 Å². The second kappa shape index (κ2) is 8.05. The summed E-state index contributed by atoms with van der Waals surface area (Å²) in [4.78, 5) is 48.5. The number of amides is 4. The van der Waals surface area contributed by atoms with Gasteiger partial charge in [-0.3, -0.25) is 24.1 Å². The van der Waals surface area contributed by atoms with E-state index in [1.54, 1.807) is 18.2 Å². The number of imide groups is 1. The topological polar surface area (TPSA) is 95.6 Å². The molecule has 24 heavy (non-hydrogen) atoms. The average Bonchev–Trinajstić information content (AvgIpc) is 2.76. The van der Waals surface area contributed by atoms with Crippen LogP contribution in [0.5, 0.6) is 0 Å². The molecule has 2 rings (SSSR count). The van der Waals surface area contributed by atoms with Crippen molar-refractivity contribution in [2.24, 2.45) is 0 Å². The highest BCUT2D eigenvalue weighted by Gasteiger charge is 2.36. The summed E-state index contributed by atoms with van der Waals surface area (Å²) in [5, 5.41) is 5.24. The molecule has 0 aromatic heterocycles.